The second-order valence-corrected chi connectivity index (χ2v) is 75.9. The first kappa shape index (κ1) is 24.9. The van der Waals surface area contributed by atoms with Crippen molar-refractivity contribution in [3.8, 4) is 0 Å². The van der Waals surface area contributed by atoms with Crippen LogP contribution >= 0.6 is 30.5 Å². The Hall–Kier alpha value is -0.149. The van der Waals surface area contributed by atoms with E-state index in [9.17, 15) is 9.13 Å². The van der Waals surface area contributed by atoms with E-state index < -0.39 is 22.5 Å². The maximum absolute atomic E-state index is 13.8. The summed E-state index contributed by atoms with van der Waals surface area (Å²) in [6, 6.07) is 8.33. The summed E-state index contributed by atoms with van der Waals surface area (Å²) in [5, 5.41) is 8.91. The molecule has 0 bridgehead atoms. The van der Waals surface area contributed by atoms with Crippen molar-refractivity contribution in [1.82, 2.24) is 0 Å². The van der Waals surface area contributed by atoms with E-state index in [1.165, 1.54) is 15.0 Å². The Labute approximate surface area is 169 Å². The number of hydrogen-bond acceptors (Lipinski definition) is 2. The third kappa shape index (κ3) is 2.14. The molecule has 0 amide bonds. The van der Waals surface area contributed by atoms with Crippen LogP contribution in [0.1, 0.15) is 21.8 Å². The average molecular weight is 483 g/mol. The molecule has 27 heavy (non-hydrogen) atoms. The number of hydrogen-bond donors (Lipinski definition) is 0. The molecule has 0 radical (unpaired) electrons. The monoisotopic (exact) mass is 482 g/mol. The molecule has 0 fully saturated rings. The molecule has 0 aliphatic heterocycles. The van der Waals surface area contributed by atoms with Crippen LogP contribution in [0.4, 0.5) is 0 Å². The van der Waals surface area contributed by atoms with Crippen LogP contribution in [0, 0.1) is 0 Å². The van der Waals surface area contributed by atoms with Crippen molar-refractivity contribution in [2.24, 2.45) is 0 Å². The van der Waals surface area contributed by atoms with E-state index in [0.717, 1.165) is 6.42 Å². The zero-order chi connectivity index (χ0) is 18.9. The molecule has 152 valence electrons. The fraction of sp³-hybridized carbons (Fsp3) is 0.400. The molecule has 2 aliphatic carbocycles. The summed E-state index contributed by atoms with van der Waals surface area (Å²) in [4.78, 5) is 0. The largest absolute Gasteiger partial charge is 0.147 e. The van der Waals surface area contributed by atoms with Crippen LogP contribution in [0.2, 0.25) is 34.0 Å². The quantitative estimate of drug-likeness (QED) is 0.321. The Morgan fingerprint density at radius 2 is 1.63 bits per heavy atom. The van der Waals surface area contributed by atoms with Gasteiger partial charge in [0.15, 0.2) is 0 Å². The van der Waals surface area contributed by atoms with Crippen molar-refractivity contribution in [2.75, 3.05) is 0 Å². The summed E-state index contributed by atoms with van der Waals surface area (Å²) in [6.45, 7) is 2.73. The molecular formula is C20H33Cl2O2PSiTi. The summed E-state index contributed by atoms with van der Waals surface area (Å²) in [5.74, 6) is 0. The van der Waals surface area contributed by atoms with E-state index in [-0.39, 0.29) is 29.0 Å². The molecule has 2 aliphatic rings. The maximum Gasteiger partial charge on any atom is -0.147 e. The van der Waals surface area contributed by atoms with Crippen molar-refractivity contribution in [3.63, 3.8) is 0 Å². The Bertz CT molecular complexity index is 1030. The summed E-state index contributed by atoms with van der Waals surface area (Å²) >= 11 is 0. The molecule has 0 saturated carbocycles. The molecular weight excluding hydrogens is 450 g/mol. The van der Waals surface area contributed by atoms with Gasteiger partial charge in [0.1, 0.15) is 0 Å². The van der Waals surface area contributed by atoms with Crippen LogP contribution in [-0.2, 0) is 19.3 Å². The van der Waals surface area contributed by atoms with Gasteiger partial charge in [-0.2, -0.15) is 0 Å². The first-order valence-corrected chi connectivity index (χ1v) is 26.2. The van der Waals surface area contributed by atoms with Gasteiger partial charge in [0.25, 0.3) is 0 Å². The Balaban J connectivity index is 0.00000182. The van der Waals surface area contributed by atoms with Gasteiger partial charge in [-0.25, -0.2) is 0 Å². The minimum atomic E-state index is -5.75. The van der Waals surface area contributed by atoms with Gasteiger partial charge in [-0.3, -0.25) is 0 Å². The fourth-order valence-corrected chi connectivity index (χ4v) is 36.8. The minimum absolute atomic E-state index is 0. The standard InChI is InChI=1S/C9H7.C5H5.C2H7Si.4CH3.2ClH.O2P.Ti/c1-2-5-9-7-3-6-8(9)4-1;1-2-4-5-3-1;1-3-2;;;;;;;1-3-2;/h1-7H;1-3H,4H2;3H,1-2H3;4*1H3;2*1H;;. The summed E-state index contributed by atoms with van der Waals surface area (Å²) in [7, 11) is -5.75. The summed E-state index contributed by atoms with van der Waals surface area (Å²) in [5.41, 5.74) is -0.341. The summed E-state index contributed by atoms with van der Waals surface area (Å²) < 4.78 is 28.7. The number of rotatable bonds is 4. The molecule has 1 aromatic carbocycles. The summed E-state index contributed by atoms with van der Waals surface area (Å²) in [6.07, 6.45) is 11.4. The number of allylic oxidation sites excluding steroid dienone is 5. The van der Waals surface area contributed by atoms with Crippen molar-refractivity contribution < 1.29 is 19.3 Å². The van der Waals surface area contributed by atoms with Crippen molar-refractivity contribution in [3.05, 3.63) is 63.6 Å². The smallest absolute Gasteiger partial charge is 0.147 e. The van der Waals surface area contributed by atoms with Crippen LogP contribution in [0.15, 0.2) is 52.4 Å². The van der Waals surface area contributed by atoms with Crippen LogP contribution in [-0.4, -0.2) is 6.66 Å². The maximum atomic E-state index is 13.8. The van der Waals surface area contributed by atoms with Gasteiger partial charge in [0, 0.05) is 0 Å². The second-order valence-electron chi connectivity index (χ2n) is 13.2. The van der Waals surface area contributed by atoms with E-state index >= 15 is 0 Å². The first-order valence-electron chi connectivity index (χ1n) is 9.36. The zero-order valence-corrected chi connectivity index (χ0v) is 22.4. The van der Waals surface area contributed by atoms with Gasteiger partial charge in [-0.15, -0.1) is 24.8 Å². The van der Waals surface area contributed by atoms with Gasteiger partial charge in [0.05, 0.1) is 0 Å². The van der Waals surface area contributed by atoms with E-state index in [2.05, 4.69) is 76.5 Å². The normalized spacial score (nSPS) is 23.7. The second kappa shape index (κ2) is 5.12. The Morgan fingerprint density at radius 1 is 1.04 bits per heavy atom. The van der Waals surface area contributed by atoms with Crippen LogP contribution in [0.5, 0.6) is 0 Å². The molecule has 0 heterocycles. The van der Waals surface area contributed by atoms with Crippen LogP contribution < -0.4 is 0 Å². The average Bonchev–Trinajstić information content (AvgIpc) is 3.18. The van der Waals surface area contributed by atoms with Gasteiger partial charge in [0.2, 0.25) is 0 Å². The van der Waals surface area contributed by atoms with Crippen LogP contribution in [0.3, 0.4) is 0 Å². The topological polar surface area (TPSA) is 34.1 Å². The predicted octanol–water partition coefficient (Wildman–Crippen LogP) is 8.00. The van der Waals surface area contributed by atoms with E-state index in [1.54, 1.807) is 0 Å². The van der Waals surface area contributed by atoms with E-state index in [1.807, 2.05) is 12.1 Å². The third-order valence-corrected chi connectivity index (χ3v) is 85.0. The molecule has 1 unspecified atom stereocenters. The molecule has 2 nitrogen and oxygen atoms in total. The number of benzene rings is 1. The fourth-order valence-electron chi connectivity index (χ4n) is 5.50. The zero-order valence-electron chi connectivity index (χ0n) is 17.1. The van der Waals surface area contributed by atoms with Gasteiger partial charge < -0.3 is 0 Å². The Kier molecular flexibility index (Phi) is 4.72. The number of fused-ring (bicyclic) bond motifs is 1. The van der Waals surface area contributed by atoms with E-state index in [4.69, 9.17) is 0 Å². The number of halogens is 2. The van der Waals surface area contributed by atoms with Crippen molar-refractivity contribution in [1.29, 1.82) is 0 Å². The molecule has 0 saturated heterocycles. The molecule has 0 spiro atoms. The molecule has 0 N–H and O–H groups in total. The van der Waals surface area contributed by atoms with Gasteiger partial charge in [-0.1, -0.05) is 0 Å². The molecule has 1 atom stereocenters. The molecule has 0 aromatic heterocycles. The van der Waals surface area contributed by atoms with E-state index in [0.29, 0.717) is 0 Å². The molecule has 7 heteroatoms. The minimum Gasteiger partial charge on any atom is -0.147 e. The first-order chi connectivity index (χ1) is 11.2. The Morgan fingerprint density at radius 3 is 2.11 bits per heavy atom. The van der Waals surface area contributed by atoms with Crippen LogP contribution in [0.25, 0.3) is 6.08 Å². The SMILES string of the molecule is C[SiH](C)[Ti]([CH3])([CH3])([CH3])([CH3])([C]1=CC=CC1)([CH]1C=Cc2ccccc21)[P](=O)=O.Cl.Cl. The van der Waals surface area contributed by atoms with Gasteiger partial charge >= 0.3 is 146 Å². The third-order valence-electron chi connectivity index (χ3n) is 10.3. The molecule has 3 rings (SSSR count). The van der Waals surface area contributed by atoms with Gasteiger partial charge in [-0.05, 0) is 0 Å². The molecule has 1 aromatic rings. The van der Waals surface area contributed by atoms with Crippen molar-refractivity contribution >= 4 is 43.2 Å². The van der Waals surface area contributed by atoms with Crippen molar-refractivity contribution in [2.45, 2.75) is 44.7 Å². The predicted molar refractivity (Wildman–Crippen MR) is 125 cm³/mol.